The second-order valence-corrected chi connectivity index (χ2v) is 5.41. The first-order valence-electron chi connectivity index (χ1n) is 6.31. The molecule has 1 nitrogen and oxygen atoms in total. The Hall–Kier alpha value is -0.980. The molecule has 1 aromatic rings. The fraction of sp³-hybridized carbons (Fsp3) is 0.600. The van der Waals surface area contributed by atoms with E-state index in [1.165, 1.54) is 24.8 Å². The van der Waals surface area contributed by atoms with Crippen molar-refractivity contribution < 1.29 is 4.42 Å². The minimum Gasteiger partial charge on any atom is -0.472 e. The van der Waals surface area contributed by atoms with Crippen LogP contribution in [0.4, 0.5) is 0 Å². The third kappa shape index (κ3) is 2.09. The average molecular weight is 218 g/mol. The molecule has 1 heteroatoms. The summed E-state index contributed by atoms with van der Waals surface area (Å²) < 4.78 is 5.13. The molecule has 0 saturated heterocycles. The molecule has 0 amide bonds. The van der Waals surface area contributed by atoms with Crippen LogP contribution in [-0.4, -0.2) is 0 Å². The monoisotopic (exact) mass is 218 g/mol. The van der Waals surface area contributed by atoms with E-state index in [2.05, 4.69) is 32.9 Å². The lowest BCUT2D eigenvalue weighted by Gasteiger charge is -2.40. The normalized spacial score (nSPS) is 30.2. The summed E-state index contributed by atoms with van der Waals surface area (Å²) in [6.45, 7) is 7.11. The van der Waals surface area contributed by atoms with E-state index < -0.39 is 0 Å². The molecule has 88 valence electrons. The predicted octanol–water partition coefficient (Wildman–Crippen LogP) is 4.59. The van der Waals surface area contributed by atoms with Gasteiger partial charge in [0.2, 0.25) is 0 Å². The third-order valence-corrected chi connectivity index (χ3v) is 4.55. The molecular weight excluding hydrogens is 196 g/mol. The van der Waals surface area contributed by atoms with Crippen LogP contribution in [0.5, 0.6) is 0 Å². The molecule has 1 heterocycles. The Kier molecular flexibility index (Phi) is 3.22. The van der Waals surface area contributed by atoms with Crippen molar-refractivity contribution in [3.8, 4) is 0 Å². The highest BCUT2D eigenvalue weighted by molar-refractivity contribution is 5.17. The van der Waals surface area contributed by atoms with Crippen molar-refractivity contribution in [3.05, 3.63) is 35.8 Å². The van der Waals surface area contributed by atoms with E-state index in [0.29, 0.717) is 5.41 Å². The van der Waals surface area contributed by atoms with Crippen molar-refractivity contribution in [2.45, 2.75) is 46.5 Å². The molecule has 0 N–H and O–H groups in total. The van der Waals surface area contributed by atoms with Gasteiger partial charge in [-0.1, -0.05) is 25.5 Å². The molecule has 0 bridgehead atoms. The highest BCUT2D eigenvalue weighted by Crippen LogP contribution is 2.44. The summed E-state index contributed by atoms with van der Waals surface area (Å²) in [5.41, 5.74) is 3.29. The zero-order chi connectivity index (χ0) is 11.6. The maximum Gasteiger partial charge on any atom is 0.0934 e. The van der Waals surface area contributed by atoms with Gasteiger partial charge in [0.25, 0.3) is 0 Å². The standard InChI is InChI=1S/C15H22O/c1-12-5-4-6-13(2)15(12,3)9-7-14-8-10-16-11-14/h5,8,10-11,13H,4,6-7,9H2,1-3H3/t13-,15+/m0/s1. The maximum absolute atomic E-state index is 5.13. The van der Waals surface area contributed by atoms with Gasteiger partial charge < -0.3 is 4.42 Å². The highest BCUT2D eigenvalue weighted by atomic mass is 16.3. The molecule has 0 aliphatic heterocycles. The molecule has 0 fully saturated rings. The summed E-state index contributed by atoms with van der Waals surface area (Å²) in [6, 6.07) is 2.08. The summed E-state index contributed by atoms with van der Waals surface area (Å²) in [6.07, 6.45) is 11.0. The van der Waals surface area contributed by atoms with Gasteiger partial charge in [-0.25, -0.2) is 0 Å². The quantitative estimate of drug-likeness (QED) is 0.676. The van der Waals surface area contributed by atoms with E-state index in [1.54, 1.807) is 11.8 Å². The van der Waals surface area contributed by atoms with Crippen molar-refractivity contribution in [2.75, 3.05) is 0 Å². The minimum absolute atomic E-state index is 0.384. The highest BCUT2D eigenvalue weighted by Gasteiger charge is 2.34. The van der Waals surface area contributed by atoms with E-state index >= 15 is 0 Å². The van der Waals surface area contributed by atoms with E-state index in [4.69, 9.17) is 4.42 Å². The Balaban J connectivity index is 2.06. The molecule has 0 aromatic carbocycles. The molecule has 1 aliphatic rings. The number of hydrogen-bond acceptors (Lipinski definition) is 1. The van der Waals surface area contributed by atoms with Crippen LogP contribution >= 0.6 is 0 Å². The van der Waals surface area contributed by atoms with Crippen LogP contribution < -0.4 is 0 Å². The number of furan rings is 1. The van der Waals surface area contributed by atoms with Crippen LogP contribution in [0.15, 0.2) is 34.7 Å². The number of allylic oxidation sites excluding steroid dienone is 2. The molecule has 0 spiro atoms. The van der Waals surface area contributed by atoms with E-state index in [9.17, 15) is 0 Å². The van der Waals surface area contributed by atoms with Crippen LogP contribution in [0.25, 0.3) is 0 Å². The molecule has 0 saturated carbocycles. The average Bonchev–Trinajstić information content (AvgIpc) is 2.76. The Morgan fingerprint density at radius 3 is 2.94 bits per heavy atom. The second-order valence-electron chi connectivity index (χ2n) is 5.41. The van der Waals surface area contributed by atoms with Crippen LogP contribution in [-0.2, 0) is 6.42 Å². The maximum atomic E-state index is 5.13. The molecule has 0 radical (unpaired) electrons. The molecule has 1 aromatic heterocycles. The minimum atomic E-state index is 0.384. The van der Waals surface area contributed by atoms with Gasteiger partial charge in [0.15, 0.2) is 0 Å². The molecule has 2 atom stereocenters. The first kappa shape index (κ1) is 11.5. The van der Waals surface area contributed by atoms with Crippen molar-refractivity contribution in [3.63, 3.8) is 0 Å². The largest absolute Gasteiger partial charge is 0.472 e. The van der Waals surface area contributed by atoms with Crippen LogP contribution in [0.3, 0.4) is 0 Å². The van der Waals surface area contributed by atoms with Crippen molar-refractivity contribution >= 4 is 0 Å². The number of aryl methyl sites for hydroxylation is 1. The SMILES string of the molecule is CC1=CCC[C@H](C)[C@]1(C)CCc1ccoc1. The summed E-state index contributed by atoms with van der Waals surface area (Å²) in [7, 11) is 0. The van der Waals surface area contributed by atoms with E-state index in [0.717, 1.165) is 12.3 Å². The Bertz CT molecular complexity index is 361. The smallest absolute Gasteiger partial charge is 0.0934 e. The Morgan fingerprint density at radius 1 is 1.50 bits per heavy atom. The molecule has 16 heavy (non-hydrogen) atoms. The van der Waals surface area contributed by atoms with Gasteiger partial charge in [-0.05, 0) is 55.6 Å². The topological polar surface area (TPSA) is 13.1 Å². The lowest BCUT2D eigenvalue weighted by molar-refractivity contribution is 0.211. The zero-order valence-electron chi connectivity index (χ0n) is 10.6. The Morgan fingerprint density at radius 2 is 2.31 bits per heavy atom. The first-order chi connectivity index (χ1) is 7.63. The first-order valence-corrected chi connectivity index (χ1v) is 6.31. The Labute approximate surface area is 98.5 Å². The van der Waals surface area contributed by atoms with Gasteiger partial charge in [-0.3, -0.25) is 0 Å². The van der Waals surface area contributed by atoms with Gasteiger partial charge in [-0.15, -0.1) is 0 Å². The van der Waals surface area contributed by atoms with Crippen LogP contribution in [0, 0.1) is 11.3 Å². The second kappa shape index (κ2) is 4.48. The van der Waals surface area contributed by atoms with Crippen molar-refractivity contribution in [2.24, 2.45) is 11.3 Å². The lowest BCUT2D eigenvalue weighted by Crippen LogP contribution is -2.30. The molecular formula is C15H22O. The predicted molar refractivity (Wildman–Crippen MR) is 67.3 cm³/mol. The van der Waals surface area contributed by atoms with Gasteiger partial charge in [0, 0.05) is 0 Å². The molecule has 1 aliphatic carbocycles. The van der Waals surface area contributed by atoms with Crippen molar-refractivity contribution in [1.82, 2.24) is 0 Å². The summed E-state index contributed by atoms with van der Waals surface area (Å²) in [4.78, 5) is 0. The summed E-state index contributed by atoms with van der Waals surface area (Å²) >= 11 is 0. The fourth-order valence-corrected chi connectivity index (χ4v) is 2.77. The van der Waals surface area contributed by atoms with E-state index in [1.807, 2.05) is 6.26 Å². The van der Waals surface area contributed by atoms with Gasteiger partial charge in [0.05, 0.1) is 12.5 Å². The van der Waals surface area contributed by atoms with Gasteiger partial charge in [-0.2, -0.15) is 0 Å². The van der Waals surface area contributed by atoms with Gasteiger partial charge >= 0.3 is 0 Å². The van der Waals surface area contributed by atoms with Crippen LogP contribution in [0.1, 0.15) is 45.6 Å². The summed E-state index contributed by atoms with van der Waals surface area (Å²) in [5, 5.41) is 0. The summed E-state index contributed by atoms with van der Waals surface area (Å²) in [5.74, 6) is 0.796. The third-order valence-electron chi connectivity index (χ3n) is 4.55. The van der Waals surface area contributed by atoms with E-state index in [-0.39, 0.29) is 0 Å². The number of hydrogen-bond donors (Lipinski definition) is 0. The fourth-order valence-electron chi connectivity index (χ4n) is 2.77. The number of rotatable bonds is 3. The lowest BCUT2D eigenvalue weighted by atomic mass is 9.65. The van der Waals surface area contributed by atoms with Crippen molar-refractivity contribution in [1.29, 1.82) is 0 Å². The molecule has 0 unspecified atom stereocenters. The van der Waals surface area contributed by atoms with Gasteiger partial charge in [0.1, 0.15) is 0 Å². The van der Waals surface area contributed by atoms with Crippen LogP contribution in [0.2, 0.25) is 0 Å². The zero-order valence-corrected chi connectivity index (χ0v) is 10.6. The molecule has 2 rings (SSSR count).